The lowest BCUT2D eigenvalue weighted by atomic mass is 10.00. The number of aromatic nitrogens is 1. The van der Waals surface area contributed by atoms with Gasteiger partial charge in [-0.25, -0.2) is 9.37 Å². The Balaban J connectivity index is 1.27. The third-order valence-electron chi connectivity index (χ3n) is 7.77. The number of aryl methyl sites for hydroxylation is 1. The summed E-state index contributed by atoms with van der Waals surface area (Å²) in [4.78, 5) is 45.3. The van der Waals surface area contributed by atoms with Crippen molar-refractivity contribution in [2.24, 2.45) is 0 Å². The molecule has 3 heterocycles. The number of amides is 3. The Hall–Kier alpha value is -4.91. The zero-order valence-electron chi connectivity index (χ0n) is 24.5. The Morgan fingerprint density at radius 1 is 1.09 bits per heavy atom. The van der Waals surface area contributed by atoms with Gasteiger partial charge in [0.2, 0.25) is 5.91 Å². The highest BCUT2D eigenvalue weighted by molar-refractivity contribution is 7.22. The molecule has 4 N–H and O–H groups in total. The number of hydrogen-bond acceptors (Lipinski definition) is 9. The molecule has 4 bridgehead atoms. The van der Waals surface area contributed by atoms with Crippen molar-refractivity contribution in [3.05, 3.63) is 77.1 Å². The Morgan fingerprint density at radius 2 is 1.96 bits per heavy atom. The van der Waals surface area contributed by atoms with E-state index in [9.17, 15) is 18.8 Å². The first-order valence-electron chi connectivity index (χ1n) is 14.5. The van der Waals surface area contributed by atoms with E-state index >= 15 is 0 Å². The zero-order chi connectivity index (χ0) is 31.5. The van der Waals surface area contributed by atoms with Gasteiger partial charge < -0.3 is 35.5 Å². The second kappa shape index (κ2) is 13.0. The number of benzene rings is 3. The van der Waals surface area contributed by atoms with Crippen LogP contribution in [0, 0.1) is 5.82 Å². The Bertz CT molecular complexity index is 1760. The Labute approximate surface area is 262 Å². The Morgan fingerprint density at radius 3 is 2.80 bits per heavy atom. The molecule has 0 saturated carbocycles. The quantitative estimate of drug-likeness (QED) is 0.305. The van der Waals surface area contributed by atoms with Crippen molar-refractivity contribution < 1.29 is 33.0 Å². The molecule has 0 unspecified atom stereocenters. The number of methoxy groups -OCH3 is 1. The largest absolute Gasteiger partial charge is 0.493 e. The predicted octanol–water partition coefficient (Wildman–Crippen LogP) is 3.45. The number of rotatable bonds is 2. The predicted molar refractivity (Wildman–Crippen MR) is 166 cm³/mol. The zero-order valence-corrected chi connectivity index (χ0v) is 25.3. The number of nitrogens with zero attached hydrogens (tertiary/aromatic N) is 2. The van der Waals surface area contributed by atoms with Crippen molar-refractivity contribution in [3.8, 4) is 17.2 Å². The molecule has 1 saturated heterocycles. The minimum Gasteiger partial charge on any atom is -0.493 e. The molecule has 2 atom stereocenters. The van der Waals surface area contributed by atoms with Crippen molar-refractivity contribution in [1.29, 1.82) is 0 Å². The minimum atomic E-state index is -0.643. The number of hydrogen-bond donors (Lipinski definition) is 3. The van der Waals surface area contributed by atoms with Gasteiger partial charge in [-0.05, 0) is 60.0 Å². The third-order valence-corrected chi connectivity index (χ3v) is 8.64. The van der Waals surface area contributed by atoms with Crippen LogP contribution in [0.1, 0.15) is 34.3 Å². The van der Waals surface area contributed by atoms with E-state index in [-0.39, 0.29) is 43.7 Å². The average molecular weight is 634 g/mol. The highest BCUT2D eigenvalue weighted by Gasteiger charge is 2.35. The van der Waals surface area contributed by atoms with Crippen molar-refractivity contribution in [3.63, 3.8) is 0 Å². The normalized spacial score (nSPS) is 19.2. The minimum absolute atomic E-state index is 0.117. The van der Waals surface area contributed by atoms with E-state index in [1.54, 1.807) is 35.2 Å². The van der Waals surface area contributed by atoms with Crippen molar-refractivity contribution in [1.82, 2.24) is 20.5 Å². The van der Waals surface area contributed by atoms with E-state index in [2.05, 4.69) is 15.6 Å². The van der Waals surface area contributed by atoms with E-state index in [1.807, 2.05) is 12.1 Å². The van der Waals surface area contributed by atoms with Crippen LogP contribution in [-0.2, 0) is 22.6 Å². The van der Waals surface area contributed by atoms with E-state index < -0.39 is 23.9 Å². The number of piperidine rings is 1. The SMILES string of the molecule is COc1ccc2cc1OCC(=O)N[C@@H]1CN(C(=O)c3ccc4sc(N)nc4c3)CC[C@H]1Oc1cc(F)cc(c1)CNC(=O)CC2. The number of nitrogens with one attached hydrogen (secondary N) is 2. The molecule has 1 fully saturated rings. The molecule has 2 aliphatic rings. The topological polar surface area (TPSA) is 145 Å². The highest BCUT2D eigenvalue weighted by atomic mass is 32.1. The molecule has 0 radical (unpaired) electrons. The van der Waals surface area contributed by atoms with Crippen LogP contribution >= 0.6 is 11.3 Å². The summed E-state index contributed by atoms with van der Waals surface area (Å²) in [5.74, 6) is -0.310. The van der Waals surface area contributed by atoms with Gasteiger partial charge in [-0.15, -0.1) is 0 Å². The van der Waals surface area contributed by atoms with Crippen molar-refractivity contribution in [2.45, 2.75) is 38.0 Å². The van der Waals surface area contributed by atoms with Crippen LogP contribution in [0.25, 0.3) is 10.2 Å². The third kappa shape index (κ3) is 7.09. The van der Waals surface area contributed by atoms with Gasteiger partial charge in [-0.3, -0.25) is 14.4 Å². The van der Waals surface area contributed by atoms with Gasteiger partial charge in [0.05, 0.1) is 23.4 Å². The fourth-order valence-corrected chi connectivity index (χ4v) is 6.26. The summed E-state index contributed by atoms with van der Waals surface area (Å²) in [6, 6.07) is 14.2. The molecule has 2 aliphatic heterocycles. The number of ether oxygens (including phenoxy) is 3. The number of likely N-dealkylation sites (tertiary alicyclic amines) is 1. The average Bonchev–Trinajstić information content (AvgIpc) is 3.41. The molecule has 1 aromatic heterocycles. The second-order valence-corrected chi connectivity index (χ2v) is 12.0. The summed E-state index contributed by atoms with van der Waals surface area (Å²) in [5, 5.41) is 6.22. The molecule has 13 heteroatoms. The maximum Gasteiger partial charge on any atom is 0.258 e. The molecule has 0 spiro atoms. The van der Waals surface area contributed by atoms with Gasteiger partial charge in [0, 0.05) is 44.1 Å². The first-order valence-corrected chi connectivity index (χ1v) is 15.3. The standard InChI is InChI=1S/C32H32FN5O6S/c1-42-26-5-2-18-3-7-29(39)35-15-19-10-21(33)14-22(11-19)44-25-8-9-38(16-24(25)36-30(40)17-43-27(26)12-18)31(41)20-4-6-28-23(13-20)37-32(34)45-28/h2,4-6,10-14,24-25H,3,7-9,15-17H2,1H3,(H2,34,37)(H,35,39)(H,36,40)/t24-,25-/m1/s1. The first kappa shape index (κ1) is 30.1. The fraction of sp³-hybridized carbons (Fsp3) is 0.312. The van der Waals surface area contributed by atoms with Crippen LogP contribution in [0.3, 0.4) is 0 Å². The molecule has 234 valence electrons. The van der Waals surface area contributed by atoms with Crippen LogP contribution in [0.5, 0.6) is 17.2 Å². The molecular weight excluding hydrogens is 601 g/mol. The monoisotopic (exact) mass is 633 g/mol. The number of fused-ring (bicyclic) bond motifs is 6. The summed E-state index contributed by atoms with van der Waals surface area (Å²) in [5.41, 5.74) is 8.28. The van der Waals surface area contributed by atoms with Crippen molar-refractivity contribution in [2.75, 3.05) is 32.5 Å². The van der Waals surface area contributed by atoms with E-state index in [1.165, 1.54) is 30.6 Å². The summed E-state index contributed by atoms with van der Waals surface area (Å²) in [6.45, 7) is 0.269. The summed E-state index contributed by atoms with van der Waals surface area (Å²) in [7, 11) is 1.50. The number of thiazole rings is 1. The molecule has 0 aliphatic carbocycles. The molecular formula is C32H32FN5O6S. The lowest BCUT2D eigenvalue weighted by molar-refractivity contribution is -0.125. The number of nitrogens with two attached hydrogens (primary N) is 1. The van der Waals surface area contributed by atoms with Gasteiger partial charge in [-0.1, -0.05) is 17.4 Å². The summed E-state index contributed by atoms with van der Waals surface area (Å²) in [6.07, 6.45) is 0.406. The van der Waals surface area contributed by atoms with Gasteiger partial charge in [0.25, 0.3) is 11.8 Å². The molecule has 11 nitrogen and oxygen atoms in total. The summed E-state index contributed by atoms with van der Waals surface area (Å²) < 4.78 is 33.0. The number of nitrogen functional groups attached to an aromatic ring is 1. The van der Waals surface area contributed by atoms with Gasteiger partial charge in [0.1, 0.15) is 17.7 Å². The van der Waals surface area contributed by atoms with Gasteiger partial charge in [0.15, 0.2) is 23.2 Å². The van der Waals surface area contributed by atoms with Crippen LogP contribution in [0.15, 0.2) is 54.6 Å². The maximum absolute atomic E-state index is 14.6. The van der Waals surface area contributed by atoms with Gasteiger partial charge >= 0.3 is 0 Å². The molecule has 3 amide bonds. The number of halogens is 1. The van der Waals surface area contributed by atoms with Crippen LogP contribution in [0.4, 0.5) is 9.52 Å². The number of anilines is 1. The Kier molecular flexibility index (Phi) is 8.69. The van der Waals surface area contributed by atoms with Crippen LogP contribution in [0.2, 0.25) is 0 Å². The van der Waals surface area contributed by atoms with E-state index in [0.29, 0.717) is 52.7 Å². The molecule has 4 aromatic rings. The van der Waals surface area contributed by atoms with Gasteiger partial charge in [-0.2, -0.15) is 0 Å². The lowest BCUT2D eigenvalue weighted by Crippen LogP contribution is -2.58. The van der Waals surface area contributed by atoms with E-state index in [0.717, 1.165) is 10.3 Å². The lowest BCUT2D eigenvalue weighted by Gasteiger charge is -2.39. The fourth-order valence-electron chi connectivity index (χ4n) is 5.55. The highest BCUT2D eigenvalue weighted by Crippen LogP contribution is 2.30. The van der Waals surface area contributed by atoms with Crippen molar-refractivity contribution >= 4 is 44.4 Å². The molecule has 45 heavy (non-hydrogen) atoms. The number of carbonyl (C=O) groups excluding carboxylic acids is 3. The van der Waals surface area contributed by atoms with Crippen LogP contribution < -0.4 is 30.6 Å². The first-order chi connectivity index (χ1) is 21.7. The molecule has 6 rings (SSSR count). The van der Waals surface area contributed by atoms with Crippen LogP contribution in [-0.4, -0.2) is 66.6 Å². The molecule has 3 aromatic carbocycles. The smallest absolute Gasteiger partial charge is 0.258 e. The maximum atomic E-state index is 14.6. The number of carbonyl (C=O) groups is 3. The van der Waals surface area contributed by atoms with E-state index in [4.69, 9.17) is 19.9 Å². The second-order valence-electron chi connectivity index (χ2n) is 11.0. The summed E-state index contributed by atoms with van der Waals surface area (Å²) >= 11 is 1.34.